The highest BCUT2D eigenvalue weighted by molar-refractivity contribution is 7.74. The largest absolute Gasteiger partial charge is 0.750 e. The molecule has 0 aliphatic heterocycles. The second kappa shape index (κ2) is 8.59. The molecule has 2 atom stereocenters. The Morgan fingerprint density at radius 1 is 1.00 bits per heavy atom. The quantitative estimate of drug-likeness (QED) is 0.312. The number of carboxylic acids is 1. The monoisotopic (exact) mass is 443 g/mol. The number of ether oxygens (including phenoxy) is 1. The molecule has 160 valence electrons. The van der Waals surface area contributed by atoms with Crippen LogP contribution in [0.5, 0.6) is 0 Å². The molecular formula is C10H8F9O7S-. The molecule has 0 aliphatic rings. The fourth-order valence-electron chi connectivity index (χ4n) is 1.33. The number of carbonyl (C=O) groups is 2. The van der Waals surface area contributed by atoms with Crippen LogP contribution in [-0.2, 0) is 29.9 Å². The maximum Gasteiger partial charge on any atom is 0.460 e. The minimum atomic E-state index is -7.10. The molecule has 17 heteroatoms. The Balaban J connectivity index is 4.94. The summed E-state index contributed by atoms with van der Waals surface area (Å²) in [6.45, 7) is -1.82. The van der Waals surface area contributed by atoms with Gasteiger partial charge in [0.05, 0.1) is 30.8 Å². The molecule has 7 nitrogen and oxygen atoms in total. The van der Waals surface area contributed by atoms with E-state index in [4.69, 9.17) is 5.11 Å². The zero-order valence-electron chi connectivity index (χ0n) is 12.4. The first-order valence-corrected chi connectivity index (χ1v) is 7.22. The molecular weight excluding hydrogens is 435 g/mol. The molecule has 2 unspecified atom stereocenters. The van der Waals surface area contributed by atoms with Gasteiger partial charge in [-0.15, -0.1) is 0 Å². The number of hydrogen-bond acceptors (Lipinski definition) is 6. The van der Waals surface area contributed by atoms with E-state index in [1.54, 1.807) is 0 Å². The number of carboxylic acid groups (broad SMARTS) is 1. The first-order chi connectivity index (χ1) is 11.9. The van der Waals surface area contributed by atoms with Gasteiger partial charge in [-0.3, -0.25) is 8.98 Å². The minimum Gasteiger partial charge on any atom is -0.750 e. The third-order valence-corrected chi connectivity index (χ3v) is 3.10. The molecule has 0 bridgehead atoms. The molecule has 0 spiro atoms. The van der Waals surface area contributed by atoms with E-state index in [9.17, 15) is 57.9 Å². The lowest BCUT2D eigenvalue weighted by atomic mass is 10.0. The number of halogens is 9. The second-order valence-corrected chi connectivity index (χ2v) is 5.25. The Kier molecular flexibility index (Phi) is 8.08. The van der Waals surface area contributed by atoms with Crippen LogP contribution >= 0.6 is 0 Å². The van der Waals surface area contributed by atoms with Gasteiger partial charge in [-0.25, -0.2) is 9.00 Å². The summed E-state index contributed by atoms with van der Waals surface area (Å²) in [5.41, 5.74) is 0. The molecule has 0 aromatic carbocycles. The van der Waals surface area contributed by atoms with Crippen molar-refractivity contribution < 1.29 is 71.9 Å². The molecule has 0 aliphatic carbocycles. The highest BCUT2D eigenvalue weighted by Crippen LogP contribution is 2.53. The third-order valence-electron chi connectivity index (χ3n) is 2.71. The van der Waals surface area contributed by atoms with Crippen molar-refractivity contribution in [3.05, 3.63) is 0 Å². The smallest absolute Gasteiger partial charge is 0.460 e. The molecule has 0 heterocycles. The van der Waals surface area contributed by atoms with Crippen LogP contribution in [0.15, 0.2) is 0 Å². The number of rotatable bonds is 10. The lowest BCUT2D eigenvalue weighted by Crippen LogP contribution is -2.61. The van der Waals surface area contributed by atoms with Crippen LogP contribution in [0.1, 0.15) is 12.8 Å². The van der Waals surface area contributed by atoms with Crippen LogP contribution in [0.2, 0.25) is 0 Å². The van der Waals surface area contributed by atoms with Crippen LogP contribution in [0, 0.1) is 0 Å². The number of carbonyl (C=O) groups excluding carboxylic acids is 1. The lowest BCUT2D eigenvalue weighted by Gasteiger charge is -2.33. The average molecular weight is 443 g/mol. The van der Waals surface area contributed by atoms with Gasteiger partial charge in [0.15, 0.2) is 6.10 Å². The molecule has 27 heavy (non-hydrogen) atoms. The van der Waals surface area contributed by atoms with E-state index < -0.39 is 72.8 Å². The van der Waals surface area contributed by atoms with Gasteiger partial charge in [-0.05, 0) is 0 Å². The SMILES string of the molecule is O=C(CC(OS(=O)[O-])C(=O)O)OCCC(F)(F)C(F)(F)C(F)(F)C(F)(F)F. The first-order valence-electron chi connectivity index (χ1n) is 6.22. The number of alkyl halides is 9. The van der Waals surface area contributed by atoms with Gasteiger partial charge < -0.3 is 14.4 Å². The van der Waals surface area contributed by atoms with Gasteiger partial charge in [0.25, 0.3) is 0 Å². The number of aliphatic carboxylic acids is 1. The number of esters is 1. The topological polar surface area (TPSA) is 113 Å². The predicted octanol–water partition coefficient (Wildman–Crippen LogP) is 2.04. The molecule has 0 amide bonds. The van der Waals surface area contributed by atoms with Gasteiger partial charge >= 0.3 is 35.9 Å². The summed E-state index contributed by atoms with van der Waals surface area (Å²) >= 11 is -3.43. The van der Waals surface area contributed by atoms with Gasteiger partial charge in [0.1, 0.15) is 0 Å². The van der Waals surface area contributed by atoms with E-state index >= 15 is 0 Å². The first kappa shape index (κ1) is 25.4. The van der Waals surface area contributed by atoms with Gasteiger partial charge in [-0.2, -0.15) is 39.5 Å². The van der Waals surface area contributed by atoms with Crippen molar-refractivity contribution in [3.8, 4) is 0 Å². The fraction of sp³-hybridized carbons (Fsp3) is 0.800. The number of hydrogen-bond donors (Lipinski definition) is 1. The molecule has 1 N–H and O–H groups in total. The summed E-state index contributed by atoms with van der Waals surface area (Å²) in [7, 11) is 0. The fourth-order valence-corrected chi connectivity index (χ4v) is 1.67. The molecule has 0 aromatic rings. The summed E-state index contributed by atoms with van der Waals surface area (Å²) in [4.78, 5) is 21.6. The summed E-state index contributed by atoms with van der Waals surface area (Å²) in [6, 6.07) is 0. The summed E-state index contributed by atoms with van der Waals surface area (Å²) in [5.74, 6) is -23.8. The molecule has 0 saturated carbocycles. The molecule has 0 aromatic heterocycles. The predicted molar refractivity (Wildman–Crippen MR) is 62.5 cm³/mol. The highest BCUT2D eigenvalue weighted by Gasteiger charge is 2.81. The van der Waals surface area contributed by atoms with Gasteiger partial charge in [-0.1, -0.05) is 0 Å². The van der Waals surface area contributed by atoms with Crippen LogP contribution in [0.3, 0.4) is 0 Å². The Bertz CT molecular complexity index is 578. The zero-order valence-corrected chi connectivity index (χ0v) is 13.2. The van der Waals surface area contributed by atoms with E-state index in [1.807, 2.05) is 0 Å². The Morgan fingerprint density at radius 2 is 1.48 bits per heavy atom. The van der Waals surface area contributed by atoms with Gasteiger partial charge in [0.2, 0.25) is 0 Å². The Morgan fingerprint density at radius 3 is 1.85 bits per heavy atom. The normalized spacial score (nSPS) is 15.9. The Labute approximate surface area is 145 Å². The molecule has 0 fully saturated rings. The van der Waals surface area contributed by atoms with Crippen molar-refractivity contribution in [1.82, 2.24) is 0 Å². The maximum absolute atomic E-state index is 13.1. The highest BCUT2D eigenvalue weighted by atomic mass is 32.2. The Hall–Kier alpha value is -1.62. The van der Waals surface area contributed by atoms with Crippen LogP contribution in [-0.4, -0.2) is 62.5 Å². The summed E-state index contributed by atoms with van der Waals surface area (Å²) < 4.78 is 141. The van der Waals surface area contributed by atoms with E-state index in [0.29, 0.717) is 0 Å². The zero-order chi connectivity index (χ0) is 21.8. The van der Waals surface area contributed by atoms with Crippen molar-refractivity contribution >= 4 is 23.3 Å². The van der Waals surface area contributed by atoms with Crippen LogP contribution < -0.4 is 0 Å². The molecule has 0 rings (SSSR count). The van der Waals surface area contributed by atoms with Crippen LogP contribution in [0.25, 0.3) is 0 Å². The maximum atomic E-state index is 13.1. The van der Waals surface area contributed by atoms with Crippen molar-refractivity contribution in [2.75, 3.05) is 6.61 Å². The van der Waals surface area contributed by atoms with Crippen LogP contribution in [0.4, 0.5) is 39.5 Å². The lowest BCUT2D eigenvalue weighted by molar-refractivity contribution is -0.397. The van der Waals surface area contributed by atoms with E-state index in [1.165, 1.54) is 0 Å². The van der Waals surface area contributed by atoms with Crippen molar-refractivity contribution in [2.45, 2.75) is 42.9 Å². The summed E-state index contributed by atoms with van der Waals surface area (Å²) in [5, 5.41) is 8.48. The van der Waals surface area contributed by atoms with Crippen molar-refractivity contribution in [3.63, 3.8) is 0 Å². The standard InChI is InChI=1S/C10H9F9O7S/c11-7(12,8(13,14)9(15,16)10(17,18)19)1-2-25-5(20)3-4(6(21)22)26-27(23)24/h4H,1-3H2,(H,21,22)(H,23,24)/p-1. The molecule has 0 saturated heterocycles. The van der Waals surface area contributed by atoms with Crippen molar-refractivity contribution in [2.24, 2.45) is 0 Å². The average Bonchev–Trinajstić information content (AvgIpc) is 2.44. The van der Waals surface area contributed by atoms with E-state index in [-0.39, 0.29) is 0 Å². The second-order valence-electron chi connectivity index (χ2n) is 4.65. The third kappa shape index (κ3) is 6.20. The summed E-state index contributed by atoms with van der Waals surface area (Å²) in [6.07, 6.45) is -13.3. The van der Waals surface area contributed by atoms with E-state index in [2.05, 4.69) is 8.92 Å². The minimum absolute atomic E-state index is 1.43. The van der Waals surface area contributed by atoms with Crippen molar-refractivity contribution in [1.29, 1.82) is 0 Å². The van der Waals surface area contributed by atoms with E-state index in [0.717, 1.165) is 0 Å². The molecule has 0 radical (unpaired) electrons. The van der Waals surface area contributed by atoms with Gasteiger partial charge in [0, 0.05) is 0 Å².